The average molecular weight is 545 g/mol. The molecule has 1 saturated heterocycles. The van der Waals surface area contributed by atoms with Gasteiger partial charge in [0.2, 0.25) is 0 Å². The Morgan fingerprint density at radius 3 is 2.71 bits per heavy atom. The van der Waals surface area contributed by atoms with Gasteiger partial charge in [-0.1, -0.05) is 55.5 Å². The third-order valence-electron chi connectivity index (χ3n) is 7.67. The van der Waals surface area contributed by atoms with Crippen molar-refractivity contribution in [2.45, 2.75) is 32.7 Å². The Morgan fingerprint density at radius 1 is 1.05 bits per heavy atom. The molecular weight excluding hydrogens is 508 g/mol. The number of hydrogen-bond donors (Lipinski definition) is 4. The number of fused-ring (bicyclic) bond motifs is 1. The molecule has 1 atom stereocenters. The van der Waals surface area contributed by atoms with Crippen molar-refractivity contribution >= 4 is 33.7 Å². The molecule has 3 aromatic heterocycles. The number of piperidine rings is 1. The van der Waals surface area contributed by atoms with Crippen LogP contribution in [0.25, 0.3) is 16.6 Å². The Labute approximate surface area is 240 Å². The number of nitrogens with two attached hydrogens (primary N) is 1. The molecule has 4 heterocycles. The average Bonchev–Trinajstić information content (AvgIpc) is 3.36. The molecule has 0 amide bonds. The summed E-state index contributed by atoms with van der Waals surface area (Å²) in [6.07, 6.45) is 16.0. The third kappa shape index (κ3) is 5.98. The highest BCUT2D eigenvalue weighted by Gasteiger charge is 2.20. The van der Waals surface area contributed by atoms with Crippen LogP contribution < -0.4 is 16.0 Å². The first-order chi connectivity index (χ1) is 20.0. The second-order valence-corrected chi connectivity index (χ2v) is 10.8. The Bertz CT molecular complexity index is 1640. The van der Waals surface area contributed by atoms with Crippen LogP contribution in [-0.2, 0) is 6.54 Å². The van der Waals surface area contributed by atoms with E-state index in [1.165, 1.54) is 30.4 Å². The molecule has 1 aliphatic carbocycles. The van der Waals surface area contributed by atoms with Crippen LogP contribution in [0.2, 0.25) is 0 Å². The number of aromatic nitrogens is 4. The predicted octanol–water partition coefficient (Wildman–Crippen LogP) is 5.65. The fraction of sp³-hybridized carbons (Fsp3) is 0.273. The first-order valence-electron chi connectivity index (χ1n) is 14.4. The molecule has 6 rings (SSSR count). The maximum absolute atomic E-state index is 9.04. The maximum Gasteiger partial charge on any atom is 0.158 e. The molecule has 1 aromatic carbocycles. The highest BCUT2D eigenvalue weighted by Crippen LogP contribution is 2.28. The van der Waals surface area contributed by atoms with E-state index < -0.39 is 0 Å². The Morgan fingerprint density at radius 2 is 1.88 bits per heavy atom. The van der Waals surface area contributed by atoms with E-state index in [1.807, 2.05) is 24.4 Å². The zero-order chi connectivity index (χ0) is 28.2. The lowest BCUT2D eigenvalue weighted by atomic mass is 10.0. The van der Waals surface area contributed by atoms with Gasteiger partial charge in [0.15, 0.2) is 5.82 Å². The summed E-state index contributed by atoms with van der Waals surface area (Å²) >= 11 is 0. The van der Waals surface area contributed by atoms with Gasteiger partial charge in [-0.2, -0.15) is 0 Å². The summed E-state index contributed by atoms with van der Waals surface area (Å²) in [6.45, 7) is 5.69. The van der Waals surface area contributed by atoms with Gasteiger partial charge in [0.05, 0.1) is 35.0 Å². The lowest BCUT2D eigenvalue weighted by molar-refractivity contribution is 0.578. The van der Waals surface area contributed by atoms with Gasteiger partial charge in [-0.3, -0.25) is 10.4 Å². The van der Waals surface area contributed by atoms with Crippen LogP contribution in [0, 0.1) is 11.3 Å². The Kier molecular flexibility index (Phi) is 7.73. The van der Waals surface area contributed by atoms with E-state index in [9.17, 15) is 0 Å². The third-order valence-corrected chi connectivity index (χ3v) is 7.67. The van der Waals surface area contributed by atoms with Crippen LogP contribution >= 0.6 is 0 Å². The minimum atomic E-state index is 0.166. The lowest BCUT2D eigenvalue weighted by Gasteiger charge is -2.28. The van der Waals surface area contributed by atoms with E-state index in [1.54, 1.807) is 6.20 Å². The van der Waals surface area contributed by atoms with E-state index >= 15 is 0 Å². The highest BCUT2D eigenvalue weighted by molar-refractivity contribution is 6.12. The van der Waals surface area contributed by atoms with E-state index in [2.05, 4.69) is 75.7 Å². The number of H-pyrrole nitrogens is 1. The van der Waals surface area contributed by atoms with E-state index in [-0.39, 0.29) is 11.6 Å². The van der Waals surface area contributed by atoms with Gasteiger partial charge < -0.3 is 20.9 Å². The number of nitrogens with zero attached hydrogens (tertiary/aromatic N) is 4. The fourth-order valence-electron chi connectivity index (χ4n) is 5.47. The second kappa shape index (κ2) is 11.9. The van der Waals surface area contributed by atoms with Crippen molar-refractivity contribution in [3.05, 3.63) is 108 Å². The van der Waals surface area contributed by atoms with Gasteiger partial charge in [-0.15, -0.1) is 0 Å². The summed E-state index contributed by atoms with van der Waals surface area (Å²) in [6, 6.07) is 14.2. The summed E-state index contributed by atoms with van der Waals surface area (Å²) in [7, 11) is 0. The number of pyridine rings is 2. The molecule has 0 saturated carbocycles. The number of nitrogen functional groups attached to an aromatic ring is 1. The van der Waals surface area contributed by atoms with Crippen molar-refractivity contribution in [1.82, 2.24) is 25.3 Å². The molecule has 0 bridgehead atoms. The van der Waals surface area contributed by atoms with E-state index in [4.69, 9.17) is 21.1 Å². The van der Waals surface area contributed by atoms with Crippen molar-refractivity contribution in [3.8, 4) is 0 Å². The van der Waals surface area contributed by atoms with Crippen LogP contribution in [0.1, 0.15) is 49.0 Å². The second-order valence-electron chi connectivity index (χ2n) is 10.8. The molecule has 5 N–H and O–H groups in total. The number of aromatic amines is 1. The van der Waals surface area contributed by atoms with Crippen LogP contribution in [0.3, 0.4) is 0 Å². The number of anilines is 2. The minimum Gasteiger partial charge on any atom is -0.397 e. The van der Waals surface area contributed by atoms with Crippen LogP contribution in [-0.4, -0.2) is 45.3 Å². The summed E-state index contributed by atoms with van der Waals surface area (Å²) in [5.41, 5.74) is 14.3. The molecule has 1 aliphatic heterocycles. The number of imidazole rings is 1. The van der Waals surface area contributed by atoms with Gasteiger partial charge >= 0.3 is 0 Å². The fourth-order valence-corrected chi connectivity index (χ4v) is 5.47. The number of rotatable bonds is 8. The summed E-state index contributed by atoms with van der Waals surface area (Å²) < 4.78 is 0. The standard InChI is InChI=1S/C33H36N8/c1-22-10-11-24(19-36-18-23-8-4-2-5-9-23)17-25(16-22)27-13-12-26(34)31(38-27)30(35)33-39-28-20-37-21-29(32(28)40-33)41-14-6-3-7-15-41/h2,4-5,8-13,16-17,20-22,35-36H,3,6-7,14-15,18-19,34H2,1H3,(H,39,40)/t22-/m0/s1. The molecule has 208 valence electrons. The highest BCUT2D eigenvalue weighted by atomic mass is 15.2. The molecule has 4 aromatic rings. The summed E-state index contributed by atoms with van der Waals surface area (Å²) in [5, 5.41) is 12.6. The SMILES string of the molecule is C[C@H]1C=CC(CNCc2ccccc2)=CC(c2ccc(N)c(C(=N)c3nc4c(N5CCCCC5)cncc4[nH]3)n2)=C1. The molecular formula is C33H36N8. The first-order valence-corrected chi connectivity index (χ1v) is 14.4. The van der Waals surface area contributed by atoms with Gasteiger partial charge in [0.25, 0.3) is 0 Å². The van der Waals surface area contributed by atoms with E-state index in [0.717, 1.165) is 54.2 Å². The van der Waals surface area contributed by atoms with Gasteiger partial charge in [0, 0.05) is 26.2 Å². The maximum atomic E-state index is 9.04. The van der Waals surface area contributed by atoms with Crippen molar-refractivity contribution in [1.29, 1.82) is 5.41 Å². The molecule has 8 heteroatoms. The number of nitrogens with one attached hydrogen (secondary N) is 3. The normalized spacial score (nSPS) is 17.3. The summed E-state index contributed by atoms with van der Waals surface area (Å²) in [5.74, 6) is 0.681. The molecule has 41 heavy (non-hydrogen) atoms. The molecule has 0 spiro atoms. The number of benzene rings is 1. The lowest BCUT2D eigenvalue weighted by Crippen LogP contribution is -2.29. The van der Waals surface area contributed by atoms with Crippen molar-refractivity contribution < 1.29 is 0 Å². The van der Waals surface area contributed by atoms with E-state index in [0.29, 0.717) is 17.2 Å². The molecule has 1 fully saturated rings. The van der Waals surface area contributed by atoms with Crippen molar-refractivity contribution in [2.75, 3.05) is 30.3 Å². The molecule has 0 unspecified atom stereocenters. The summed E-state index contributed by atoms with van der Waals surface area (Å²) in [4.78, 5) is 19.8. The quantitative estimate of drug-likeness (QED) is 0.213. The van der Waals surface area contributed by atoms with Gasteiger partial charge in [0.1, 0.15) is 16.9 Å². The first kappa shape index (κ1) is 26.7. The smallest absolute Gasteiger partial charge is 0.158 e. The Hall–Kier alpha value is -4.56. The zero-order valence-electron chi connectivity index (χ0n) is 23.4. The Balaban J connectivity index is 1.26. The zero-order valence-corrected chi connectivity index (χ0v) is 23.4. The molecule has 0 radical (unpaired) electrons. The molecule has 8 nitrogen and oxygen atoms in total. The predicted molar refractivity (Wildman–Crippen MR) is 167 cm³/mol. The minimum absolute atomic E-state index is 0.166. The topological polar surface area (TPSA) is 120 Å². The largest absolute Gasteiger partial charge is 0.397 e. The molecule has 2 aliphatic rings. The van der Waals surface area contributed by atoms with Crippen LogP contribution in [0.15, 0.2) is 84.7 Å². The van der Waals surface area contributed by atoms with Crippen molar-refractivity contribution in [2.24, 2.45) is 5.92 Å². The van der Waals surface area contributed by atoms with Gasteiger partial charge in [-0.25, -0.2) is 9.97 Å². The van der Waals surface area contributed by atoms with Gasteiger partial charge in [-0.05, 0) is 60.1 Å². The monoisotopic (exact) mass is 544 g/mol. The number of allylic oxidation sites excluding steroid dienone is 4. The number of hydrogen-bond acceptors (Lipinski definition) is 7. The van der Waals surface area contributed by atoms with Crippen LogP contribution in [0.5, 0.6) is 0 Å². The van der Waals surface area contributed by atoms with Crippen LogP contribution in [0.4, 0.5) is 11.4 Å². The van der Waals surface area contributed by atoms with Crippen molar-refractivity contribution in [3.63, 3.8) is 0 Å².